The summed E-state index contributed by atoms with van der Waals surface area (Å²) in [6.07, 6.45) is 3.26. The second-order valence-electron chi connectivity index (χ2n) is 4.90. The molecular weight excluding hydrogens is 257 g/mol. The highest BCUT2D eigenvalue weighted by Crippen LogP contribution is 2.22. The monoisotopic (exact) mass is 271 g/mol. The van der Waals surface area contributed by atoms with E-state index in [0.717, 1.165) is 18.2 Å². The predicted octanol–water partition coefficient (Wildman–Crippen LogP) is 2.00. The summed E-state index contributed by atoms with van der Waals surface area (Å²) in [5.74, 6) is -0.706. The Balaban J connectivity index is 1.84. The van der Waals surface area contributed by atoms with E-state index in [9.17, 15) is 9.18 Å². The summed E-state index contributed by atoms with van der Waals surface area (Å²) in [6.45, 7) is 1.11. The second-order valence-corrected chi connectivity index (χ2v) is 4.90. The summed E-state index contributed by atoms with van der Waals surface area (Å²) in [5.41, 5.74) is 8.99. The van der Waals surface area contributed by atoms with Crippen molar-refractivity contribution in [2.24, 2.45) is 0 Å². The van der Waals surface area contributed by atoms with Gasteiger partial charge < -0.3 is 10.6 Å². The number of amides is 1. The number of carbonyl (C=O) groups is 1. The lowest BCUT2D eigenvalue weighted by molar-refractivity contribution is 0.0733. The molecule has 4 nitrogen and oxygen atoms in total. The van der Waals surface area contributed by atoms with E-state index in [-0.39, 0.29) is 11.5 Å². The lowest BCUT2D eigenvalue weighted by Crippen LogP contribution is -2.36. The average molecular weight is 271 g/mol. The summed E-state index contributed by atoms with van der Waals surface area (Å²) in [5, 5.41) is 0. The van der Waals surface area contributed by atoms with Gasteiger partial charge in [-0.3, -0.25) is 9.78 Å². The zero-order valence-electron chi connectivity index (χ0n) is 10.8. The molecule has 1 amide bonds. The fourth-order valence-corrected chi connectivity index (χ4v) is 2.46. The number of hydrogen-bond acceptors (Lipinski definition) is 3. The number of benzene rings is 1. The van der Waals surface area contributed by atoms with Crippen molar-refractivity contribution in [3.8, 4) is 0 Å². The maximum absolute atomic E-state index is 13.1. The molecule has 3 rings (SSSR count). The van der Waals surface area contributed by atoms with Crippen LogP contribution >= 0.6 is 0 Å². The smallest absolute Gasteiger partial charge is 0.255 e. The van der Waals surface area contributed by atoms with Gasteiger partial charge >= 0.3 is 0 Å². The van der Waals surface area contributed by atoms with Crippen molar-refractivity contribution in [1.29, 1.82) is 0 Å². The molecule has 0 radical (unpaired) electrons. The first-order valence-electron chi connectivity index (χ1n) is 6.40. The van der Waals surface area contributed by atoms with Crippen molar-refractivity contribution >= 4 is 11.6 Å². The summed E-state index contributed by atoms with van der Waals surface area (Å²) in [6, 6.07) is 6.96. The third-order valence-corrected chi connectivity index (χ3v) is 3.48. The molecule has 2 N–H and O–H groups in total. The topological polar surface area (TPSA) is 59.2 Å². The zero-order valence-corrected chi connectivity index (χ0v) is 10.8. The minimum atomic E-state index is -0.502. The van der Waals surface area contributed by atoms with Crippen LogP contribution in [0.4, 0.5) is 10.1 Å². The highest BCUT2D eigenvalue weighted by Gasteiger charge is 2.22. The van der Waals surface area contributed by atoms with Crippen LogP contribution in [0.15, 0.2) is 36.7 Å². The minimum Gasteiger partial charge on any atom is -0.399 e. The summed E-state index contributed by atoms with van der Waals surface area (Å²) in [7, 11) is 0. The molecule has 0 bridgehead atoms. The first kappa shape index (κ1) is 12.6. The molecule has 0 spiro atoms. The van der Waals surface area contributed by atoms with Gasteiger partial charge in [0, 0.05) is 25.0 Å². The fraction of sp³-hybridized carbons (Fsp3) is 0.200. The lowest BCUT2D eigenvalue weighted by atomic mass is 9.98. The number of rotatable bonds is 1. The molecule has 0 saturated carbocycles. The standard InChI is InChI=1S/C15H14FN3O/c16-13-5-11(7-18-8-13)15(20)19-4-3-10-1-2-14(17)6-12(10)9-19/h1-2,5-8H,3-4,9,17H2. The number of pyridine rings is 1. The number of halogens is 1. The first-order valence-corrected chi connectivity index (χ1v) is 6.40. The van der Waals surface area contributed by atoms with Gasteiger partial charge in [-0.2, -0.15) is 0 Å². The van der Waals surface area contributed by atoms with Crippen LogP contribution in [0.25, 0.3) is 0 Å². The Bertz CT molecular complexity index is 672. The van der Waals surface area contributed by atoms with Crippen LogP contribution in [0.5, 0.6) is 0 Å². The maximum Gasteiger partial charge on any atom is 0.255 e. The van der Waals surface area contributed by atoms with Crippen molar-refractivity contribution in [2.45, 2.75) is 13.0 Å². The Kier molecular flexibility index (Phi) is 3.10. The number of aromatic nitrogens is 1. The molecule has 20 heavy (non-hydrogen) atoms. The van der Waals surface area contributed by atoms with Gasteiger partial charge in [0.15, 0.2) is 0 Å². The Morgan fingerprint density at radius 1 is 1.25 bits per heavy atom. The summed E-state index contributed by atoms with van der Waals surface area (Å²) >= 11 is 0. The second kappa shape index (κ2) is 4.92. The molecule has 1 aliphatic rings. The highest BCUT2D eigenvalue weighted by atomic mass is 19.1. The van der Waals surface area contributed by atoms with Crippen LogP contribution in [0.1, 0.15) is 21.5 Å². The van der Waals surface area contributed by atoms with E-state index in [4.69, 9.17) is 5.73 Å². The van der Waals surface area contributed by atoms with Crippen LogP contribution in [0, 0.1) is 5.82 Å². The maximum atomic E-state index is 13.1. The molecule has 0 unspecified atom stereocenters. The molecular formula is C15H14FN3O. The van der Waals surface area contributed by atoms with Crippen molar-refractivity contribution in [3.05, 3.63) is 59.2 Å². The van der Waals surface area contributed by atoms with Crippen LogP contribution in [0.3, 0.4) is 0 Å². The Morgan fingerprint density at radius 3 is 2.90 bits per heavy atom. The molecule has 102 valence electrons. The Morgan fingerprint density at radius 2 is 2.10 bits per heavy atom. The van der Waals surface area contributed by atoms with Crippen LogP contribution in [-0.4, -0.2) is 22.3 Å². The normalized spacial score (nSPS) is 13.9. The Labute approximate surface area is 116 Å². The molecule has 5 heteroatoms. The molecule has 0 aliphatic carbocycles. The van der Waals surface area contributed by atoms with Crippen molar-refractivity contribution in [2.75, 3.05) is 12.3 Å². The third-order valence-electron chi connectivity index (χ3n) is 3.48. The molecule has 1 aromatic carbocycles. The van der Waals surface area contributed by atoms with Gasteiger partial charge in [-0.15, -0.1) is 0 Å². The summed E-state index contributed by atoms with van der Waals surface area (Å²) in [4.78, 5) is 17.7. The number of nitrogens with zero attached hydrogens (tertiary/aromatic N) is 2. The van der Waals surface area contributed by atoms with E-state index in [1.54, 1.807) is 4.90 Å². The quantitative estimate of drug-likeness (QED) is 0.807. The van der Waals surface area contributed by atoms with E-state index < -0.39 is 5.82 Å². The number of hydrogen-bond donors (Lipinski definition) is 1. The molecule has 1 aromatic heterocycles. The van der Waals surface area contributed by atoms with Crippen molar-refractivity contribution in [3.63, 3.8) is 0 Å². The lowest BCUT2D eigenvalue weighted by Gasteiger charge is -2.29. The average Bonchev–Trinajstić information content (AvgIpc) is 2.45. The molecule has 0 atom stereocenters. The number of carbonyl (C=O) groups excluding carboxylic acids is 1. The first-order chi connectivity index (χ1) is 9.63. The molecule has 2 aromatic rings. The summed E-state index contributed by atoms with van der Waals surface area (Å²) < 4.78 is 13.1. The van der Waals surface area contributed by atoms with Crippen LogP contribution in [0.2, 0.25) is 0 Å². The molecule has 2 heterocycles. The van der Waals surface area contributed by atoms with Gasteiger partial charge in [0.05, 0.1) is 11.8 Å². The highest BCUT2D eigenvalue weighted by molar-refractivity contribution is 5.94. The minimum absolute atomic E-state index is 0.204. The number of fused-ring (bicyclic) bond motifs is 1. The van der Waals surface area contributed by atoms with Gasteiger partial charge in [0.2, 0.25) is 0 Å². The van der Waals surface area contributed by atoms with Gasteiger partial charge in [0.25, 0.3) is 5.91 Å². The van der Waals surface area contributed by atoms with Gasteiger partial charge in [-0.25, -0.2) is 4.39 Å². The molecule has 0 saturated heterocycles. The van der Waals surface area contributed by atoms with Gasteiger partial charge in [0.1, 0.15) is 5.82 Å². The number of nitrogen functional groups attached to an aromatic ring is 1. The predicted molar refractivity (Wildman–Crippen MR) is 73.5 cm³/mol. The zero-order chi connectivity index (χ0) is 14.1. The molecule has 0 fully saturated rings. The largest absolute Gasteiger partial charge is 0.399 e. The van der Waals surface area contributed by atoms with Crippen molar-refractivity contribution in [1.82, 2.24) is 9.88 Å². The van der Waals surface area contributed by atoms with E-state index in [1.807, 2.05) is 18.2 Å². The van der Waals surface area contributed by atoms with Gasteiger partial charge in [-0.05, 0) is 35.7 Å². The fourth-order valence-electron chi connectivity index (χ4n) is 2.46. The number of anilines is 1. The van der Waals surface area contributed by atoms with E-state index >= 15 is 0 Å². The number of nitrogens with two attached hydrogens (primary N) is 1. The van der Waals surface area contributed by atoms with Crippen molar-refractivity contribution < 1.29 is 9.18 Å². The van der Waals surface area contributed by atoms with E-state index in [1.165, 1.54) is 17.8 Å². The van der Waals surface area contributed by atoms with E-state index in [2.05, 4.69) is 4.98 Å². The molecule has 1 aliphatic heterocycles. The van der Waals surface area contributed by atoms with Crippen LogP contribution < -0.4 is 5.73 Å². The van der Waals surface area contributed by atoms with E-state index in [0.29, 0.717) is 18.8 Å². The third kappa shape index (κ3) is 2.34. The Hall–Kier alpha value is -2.43. The SMILES string of the molecule is Nc1ccc2c(c1)CN(C(=O)c1cncc(F)c1)CC2. The van der Waals surface area contributed by atoms with Gasteiger partial charge in [-0.1, -0.05) is 6.07 Å². The van der Waals surface area contributed by atoms with Crippen LogP contribution in [-0.2, 0) is 13.0 Å².